The highest BCUT2D eigenvalue weighted by Crippen LogP contribution is 2.37. The summed E-state index contributed by atoms with van der Waals surface area (Å²) in [6.07, 6.45) is 7.43. The first-order chi connectivity index (χ1) is 10.2. The summed E-state index contributed by atoms with van der Waals surface area (Å²) in [5.41, 5.74) is 10.1. The summed E-state index contributed by atoms with van der Waals surface area (Å²) in [6.45, 7) is 6.66. The average molecular weight is 276 g/mol. The van der Waals surface area contributed by atoms with Gasteiger partial charge in [0.1, 0.15) is 0 Å². The molecule has 108 valence electrons. The van der Waals surface area contributed by atoms with E-state index in [4.69, 9.17) is 0 Å². The maximum atomic E-state index is 2.45. The number of allylic oxidation sites excluding steroid dienone is 1. The van der Waals surface area contributed by atoms with Crippen LogP contribution in [0.5, 0.6) is 0 Å². The molecule has 2 aromatic carbocycles. The zero-order valence-electron chi connectivity index (χ0n) is 13.4. The van der Waals surface area contributed by atoms with Crippen molar-refractivity contribution in [3.8, 4) is 11.1 Å². The van der Waals surface area contributed by atoms with Gasteiger partial charge >= 0.3 is 0 Å². The highest BCUT2D eigenvalue weighted by molar-refractivity contribution is 5.81. The third kappa shape index (κ3) is 2.81. The lowest BCUT2D eigenvalue weighted by molar-refractivity contribution is 0.779. The highest BCUT2D eigenvalue weighted by atomic mass is 14.2. The molecule has 0 unspecified atom stereocenters. The fourth-order valence-corrected chi connectivity index (χ4v) is 3.20. The van der Waals surface area contributed by atoms with Gasteiger partial charge in [0.05, 0.1) is 0 Å². The topological polar surface area (TPSA) is 0 Å². The van der Waals surface area contributed by atoms with E-state index in [1.807, 2.05) is 0 Å². The number of hydrogen-bond donors (Lipinski definition) is 0. The van der Waals surface area contributed by atoms with Crippen LogP contribution in [0.2, 0.25) is 0 Å². The Hall–Kier alpha value is -1.82. The van der Waals surface area contributed by atoms with Gasteiger partial charge in [-0.1, -0.05) is 67.0 Å². The van der Waals surface area contributed by atoms with Crippen molar-refractivity contribution in [2.24, 2.45) is 0 Å². The first-order valence-electron chi connectivity index (χ1n) is 8.08. The second-order valence-electron chi connectivity index (χ2n) is 6.27. The van der Waals surface area contributed by atoms with E-state index in [9.17, 15) is 0 Å². The molecule has 0 atom stereocenters. The molecular weight excluding hydrogens is 252 g/mol. The van der Waals surface area contributed by atoms with Crippen LogP contribution in [-0.2, 0) is 6.42 Å². The predicted molar refractivity (Wildman–Crippen MR) is 92.6 cm³/mol. The van der Waals surface area contributed by atoms with Gasteiger partial charge in [-0.05, 0) is 60.9 Å². The van der Waals surface area contributed by atoms with Gasteiger partial charge in [0.25, 0.3) is 0 Å². The van der Waals surface area contributed by atoms with Gasteiger partial charge < -0.3 is 0 Å². The Kier molecular flexibility index (Phi) is 3.96. The predicted octanol–water partition coefficient (Wildman–Crippen LogP) is 6.10. The van der Waals surface area contributed by atoms with Gasteiger partial charge in [0, 0.05) is 0 Å². The molecule has 0 amide bonds. The molecule has 0 saturated carbocycles. The molecule has 1 aliphatic rings. The molecule has 0 spiro atoms. The first-order valence-corrected chi connectivity index (χ1v) is 8.08. The highest BCUT2D eigenvalue weighted by Gasteiger charge is 2.18. The number of rotatable bonds is 4. The van der Waals surface area contributed by atoms with E-state index in [1.54, 1.807) is 11.1 Å². The van der Waals surface area contributed by atoms with Crippen molar-refractivity contribution in [3.05, 3.63) is 64.2 Å². The van der Waals surface area contributed by atoms with Gasteiger partial charge in [0.2, 0.25) is 0 Å². The minimum Gasteiger partial charge on any atom is -0.0654 e. The summed E-state index contributed by atoms with van der Waals surface area (Å²) < 4.78 is 0. The average Bonchev–Trinajstić information content (AvgIpc) is 2.92. The minimum absolute atomic E-state index is 1.15. The fraction of sp³-hybridized carbons (Fsp3) is 0.333. The first kappa shape index (κ1) is 14.1. The van der Waals surface area contributed by atoms with E-state index in [-0.39, 0.29) is 0 Å². The molecule has 0 heteroatoms. The van der Waals surface area contributed by atoms with Crippen LogP contribution in [0.15, 0.2) is 42.0 Å². The Morgan fingerprint density at radius 3 is 2.43 bits per heavy atom. The van der Waals surface area contributed by atoms with Crippen LogP contribution < -0.4 is 0 Å². The molecule has 0 N–H and O–H groups in total. The standard InChI is InChI=1S/C21H24/c1-4-5-6-17-13-20-16(3)9-12-19(21(20)14-17)18-10-7-15(2)8-11-18/h7-12,14H,4-6,13H2,1-3H3. The fourth-order valence-electron chi connectivity index (χ4n) is 3.20. The zero-order valence-corrected chi connectivity index (χ0v) is 13.4. The normalized spacial score (nSPS) is 13.2. The van der Waals surface area contributed by atoms with Crippen LogP contribution in [0.25, 0.3) is 17.2 Å². The van der Waals surface area contributed by atoms with E-state index < -0.39 is 0 Å². The van der Waals surface area contributed by atoms with Crippen LogP contribution in [0.4, 0.5) is 0 Å². The molecule has 21 heavy (non-hydrogen) atoms. The van der Waals surface area contributed by atoms with Gasteiger partial charge in [0.15, 0.2) is 0 Å². The molecule has 1 aliphatic carbocycles. The second kappa shape index (κ2) is 5.89. The molecular formula is C21H24. The van der Waals surface area contributed by atoms with Gasteiger partial charge in [-0.15, -0.1) is 0 Å². The quantitative estimate of drug-likeness (QED) is 0.633. The summed E-state index contributed by atoms with van der Waals surface area (Å²) in [5, 5.41) is 0. The van der Waals surface area contributed by atoms with Crippen molar-refractivity contribution in [2.45, 2.75) is 46.5 Å². The molecule has 0 heterocycles. The van der Waals surface area contributed by atoms with Crippen LogP contribution in [-0.4, -0.2) is 0 Å². The molecule has 0 radical (unpaired) electrons. The lowest BCUT2D eigenvalue weighted by Gasteiger charge is -2.11. The number of hydrogen-bond acceptors (Lipinski definition) is 0. The molecule has 0 saturated heterocycles. The number of benzene rings is 2. The lowest BCUT2D eigenvalue weighted by atomic mass is 9.93. The van der Waals surface area contributed by atoms with Gasteiger partial charge in [-0.2, -0.15) is 0 Å². The SMILES string of the molecule is CCCCC1=Cc2c(-c3ccc(C)cc3)ccc(C)c2C1. The van der Waals surface area contributed by atoms with Crippen molar-refractivity contribution in [2.75, 3.05) is 0 Å². The molecule has 2 aromatic rings. The Morgan fingerprint density at radius 2 is 1.71 bits per heavy atom. The minimum atomic E-state index is 1.15. The summed E-state index contributed by atoms with van der Waals surface area (Å²) >= 11 is 0. The van der Waals surface area contributed by atoms with E-state index in [2.05, 4.69) is 63.2 Å². The molecule has 0 fully saturated rings. The van der Waals surface area contributed by atoms with E-state index in [0.29, 0.717) is 0 Å². The van der Waals surface area contributed by atoms with Crippen molar-refractivity contribution in [1.29, 1.82) is 0 Å². The number of aryl methyl sites for hydroxylation is 2. The Morgan fingerprint density at radius 1 is 0.952 bits per heavy atom. The van der Waals surface area contributed by atoms with Crippen molar-refractivity contribution in [3.63, 3.8) is 0 Å². The van der Waals surface area contributed by atoms with Crippen molar-refractivity contribution >= 4 is 6.08 Å². The second-order valence-corrected chi connectivity index (χ2v) is 6.27. The maximum absolute atomic E-state index is 2.45. The number of fused-ring (bicyclic) bond motifs is 1. The maximum Gasteiger partial charge on any atom is -0.00550 e. The van der Waals surface area contributed by atoms with Crippen molar-refractivity contribution < 1.29 is 0 Å². The Balaban J connectivity index is 2.02. The monoisotopic (exact) mass is 276 g/mol. The Labute approximate surface area is 128 Å². The summed E-state index contributed by atoms with van der Waals surface area (Å²) in [7, 11) is 0. The molecule has 0 nitrogen and oxygen atoms in total. The van der Waals surface area contributed by atoms with Crippen LogP contribution >= 0.6 is 0 Å². The van der Waals surface area contributed by atoms with Gasteiger partial charge in [-0.25, -0.2) is 0 Å². The van der Waals surface area contributed by atoms with E-state index in [0.717, 1.165) is 6.42 Å². The molecule has 3 rings (SSSR count). The summed E-state index contributed by atoms with van der Waals surface area (Å²) in [6, 6.07) is 13.5. The molecule has 0 aromatic heterocycles. The smallest absolute Gasteiger partial charge is 0.00550 e. The molecule has 0 bridgehead atoms. The number of unbranched alkanes of at least 4 members (excludes halogenated alkanes) is 1. The van der Waals surface area contributed by atoms with Crippen LogP contribution in [0.3, 0.4) is 0 Å². The third-order valence-corrected chi connectivity index (χ3v) is 4.56. The zero-order chi connectivity index (χ0) is 14.8. The molecule has 0 aliphatic heterocycles. The van der Waals surface area contributed by atoms with Crippen molar-refractivity contribution in [1.82, 2.24) is 0 Å². The van der Waals surface area contributed by atoms with E-state index >= 15 is 0 Å². The van der Waals surface area contributed by atoms with Crippen LogP contribution in [0, 0.1) is 13.8 Å². The van der Waals surface area contributed by atoms with Gasteiger partial charge in [-0.3, -0.25) is 0 Å². The summed E-state index contributed by atoms with van der Waals surface area (Å²) in [4.78, 5) is 0. The van der Waals surface area contributed by atoms with E-state index in [1.165, 1.54) is 47.1 Å². The largest absolute Gasteiger partial charge is 0.0654 e. The Bertz CT molecular complexity index is 672. The third-order valence-electron chi connectivity index (χ3n) is 4.56. The lowest BCUT2D eigenvalue weighted by Crippen LogP contribution is -1.92. The van der Waals surface area contributed by atoms with Crippen LogP contribution in [0.1, 0.15) is 48.4 Å². The summed E-state index contributed by atoms with van der Waals surface area (Å²) in [5.74, 6) is 0.